The van der Waals surface area contributed by atoms with Crippen molar-refractivity contribution in [3.8, 4) is 0 Å². The zero-order valence-electron chi connectivity index (χ0n) is 18.9. The minimum absolute atomic E-state index is 0.0750. The Hall–Kier alpha value is -3.85. The van der Waals surface area contributed by atoms with Crippen LogP contribution in [0.2, 0.25) is 5.02 Å². The number of nitrogens with one attached hydrogen (secondary N) is 1. The van der Waals surface area contributed by atoms with E-state index in [1.54, 1.807) is 43.3 Å². The van der Waals surface area contributed by atoms with Gasteiger partial charge in [0.25, 0.3) is 0 Å². The summed E-state index contributed by atoms with van der Waals surface area (Å²) in [6.07, 6.45) is -0.141. The second kappa shape index (κ2) is 9.56. The lowest BCUT2D eigenvalue weighted by molar-refractivity contribution is -0.141. The zero-order chi connectivity index (χ0) is 24.4. The van der Waals surface area contributed by atoms with E-state index in [-0.39, 0.29) is 18.9 Å². The summed E-state index contributed by atoms with van der Waals surface area (Å²) < 4.78 is 12.6. The van der Waals surface area contributed by atoms with Gasteiger partial charge in [-0.05, 0) is 55.8 Å². The van der Waals surface area contributed by atoms with Crippen molar-refractivity contribution in [1.29, 1.82) is 0 Å². The quantitative estimate of drug-likeness (QED) is 0.396. The highest BCUT2D eigenvalue weighted by Crippen LogP contribution is 2.24. The molecule has 0 spiro atoms. The standard InChI is InChI=1S/C24H23ClN4O5/c1-14(10-21(30)33-3)29-23(31)27-22(26-19-8-9-20-17(12-19)11-15(2)34-20)28(24(29)32)13-16-4-6-18(25)7-5-16/h4-9,11-12,14H,10,13H2,1-3H3,(H,26,27,31)/t14-/m0/s1. The number of halogens is 1. The summed E-state index contributed by atoms with van der Waals surface area (Å²) in [5, 5.41) is 4.52. The molecule has 176 valence electrons. The van der Waals surface area contributed by atoms with Gasteiger partial charge >= 0.3 is 17.3 Å². The van der Waals surface area contributed by atoms with Crippen LogP contribution < -0.4 is 16.7 Å². The number of carbonyl (C=O) groups excluding carboxylic acids is 1. The molecular formula is C24H23ClN4O5. The first-order valence-corrected chi connectivity index (χ1v) is 10.9. The Balaban J connectivity index is 1.79. The third kappa shape index (κ3) is 4.89. The number of benzene rings is 2. The minimum atomic E-state index is -0.767. The molecule has 0 aliphatic carbocycles. The van der Waals surface area contributed by atoms with Crippen molar-refractivity contribution in [2.24, 2.45) is 0 Å². The molecule has 0 saturated carbocycles. The maximum Gasteiger partial charge on any atom is 0.355 e. The summed E-state index contributed by atoms with van der Waals surface area (Å²) in [5.74, 6) is 0.312. The number of furan rings is 1. The van der Waals surface area contributed by atoms with Crippen molar-refractivity contribution in [1.82, 2.24) is 14.1 Å². The molecule has 0 bridgehead atoms. The normalized spacial score (nSPS) is 12.0. The van der Waals surface area contributed by atoms with Gasteiger partial charge in [0, 0.05) is 16.1 Å². The molecule has 34 heavy (non-hydrogen) atoms. The van der Waals surface area contributed by atoms with E-state index in [2.05, 4.69) is 15.0 Å². The third-order valence-corrected chi connectivity index (χ3v) is 5.63. The Morgan fingerprint density at radius 1 is 1.18 bits per heavy atom. The molecule has 0 saturated heterocycles. The molecular weight excluding hydrogens is 460 g/mol. The summed E-state index contributed by atoms with van der Waals surface area (Å²) in [4.78, 5) is 42.2. The Labute approximate surface area is 199 Å². The fraction of sp³-hybridized carbons (Fsp3) is 0.250. The van der Waals surface area contributed by atoms with Crippen LogP contribution in [-0.2, 0) is 16.1 Å². The Morgan fingerprint density at radius 2 is 1.91 bits per heavy atom. The van der Waals surface area contributed by atoms with Gasteiger partial charge in [-0.15, -0.1) is 0 Å². The Kier molecular flexibility index (Phi) is 6.56. The van der Waals surface area contributed by atoms with E-state index >= 15 is 0 Å². The second-order valence-electron chi connectivity index (χ2n) is 7.95. The molecule has 4 aromatic rings. The fourth-order valence-corrected chi connectivity index (χ4v) is 3.82. The topological polar surface area (TPSA) is 108 Å². The highest BCUT2D eigenvalue weighted by molar-refractivity contribution is 6.30. The van der Waals surface area contributed by atoms with Crippen LogP contribution in [-0.4, -0.2) is 27.2 Å². The molecule has 9 nitrogen and oxygen atoms in total. The van der Waals surface area contributed by atoms with Crippen molar-refractivity contribution < 1.29 is 13.9 Å². The number of ether oxygens (including phenoxy) is 1. The third-order valence-electron chi connectivity index (χ3n) is 5.38. The van der Waals surface area contributed by atoms with E-state index in [9.17, 15) is 14.4 Å². The van der Waals surface area contributed by atoms with Crippen molar-refractivity contribution in [2.45, 2.75) is 32.9 Å². The van der Waals surface area contributed by atoms with Crippen LogP contribution in [0.25, 0.3) is 11.0 Å². The first-order chi connectivity index (χ1) is 16.2. The predicted molar refractivity (Wildman–Crippen MR) is 129 cm³/mol. The summed E-state index contributed by atoms with van der Waals surface area (Å²) >= 11 is 5.99. The summed E-state index contributed by atoms with van der Waals surface area (Å²) in [6.45, 7) is 3.58. The molecule has 4 rings (SSSR count). The van der Waals surface area contributed by atoms with Crippen LogP contribution in [0.4, 0.5) is 11.6 Å². The maximum atomic E-state index is 13.5. The first-order valence-electron chi connectivity index (χ1n) is 10.6. The average Bonchev–Trinajstić information content (AvgIpc) is 3.16. The van der Waals surface area contributed by atoms with Crippen LogP contribution in [0.5, 0.6) is 0 Å². The zero-order valence-corrected chi connectivity index (χ0v) is 19.6. The van der Waals surface area contributed by atoms with Gasteiger partial charge in [-0.3, -0.25) is 9.36 Å². The van der Waals surface area contributed by atoms with Crippen molar-refractivity contribution >= 4 is 40.2 Å². The van der Waals surface area contributed by atoms with Crippen LogP contribution in [0, 0.1) is 6.92 Å². The molecule has 0 fully saturated rings. The number of rotatable bonds is 7. The van der Waals surface area contributed by atoms with E-state index in [4.69, 9.17) is 16.0 Å². The smallest absolute Gasteiger partial charge is 0.355 e. The number of fused-ring (bicyclic) bond motifs is 1. The fourth-order valence-electron chi connectivity index (χ4n) is 3.69. The number of hydrogen-bond acceptors (Lipinski definition) is 7. The molecule has 2 aromatic carbocycles. The van der Waals surface area contributed by atoms with Gasteiger partial charge in [0.2, 0.25) is 5.95 Å². The van der Waals surface area contributed by atoms with Gasteiger partial charge in [-0.1, -0.05) is 23.7 Å². The van der Waals surface area contributed by atoms with Crippen LogP contribution in [0.15, 0.2) is 62.5 Å². The van der Waals surface area contributed by atoms with Gasteiger partial charge in [0.1, 0.15) is 11.3 Å². The van der Waals surface area contributed by atoms with Gasteiger partial charge in [0.05, 0.1) is 26.1 Å². The maximum absolute atomic E-state index is 13.5. The monoisotopic (exact) mass is 482 g/mol. The minimum Gasteiger partial charge on any atom is -0.469 e. The number of esters is 1. The number of anilines is 2. The second-order valence-corrected chi connectivity index (χ2v) is 8.38. The summed E-state index contributed by atoms with van der Waals surface area (Å²) in [5.41, 5.74) is 0.764. The van der Waals surface area contributed by atoms with E-state index < -0.39 is 23.4 Å². The molecule has 1 atom stereocenters. The van der Waals surface area contributed by atoms with Crippen molar-refractivity contribution in [3.05, 3.63) is 85.8 Å². The summed E-state index contributed by atoms with van der Waals surface area (Å²) in [7, 11) is 1.25. The first kappa shape index (κ1) is 23.3. The van der Waals surface area contributed by atoms with E-state index in [0.717, 1.165) is 26.9 Å². The molecule has 10 heteroatoms. The lowest BCUT2D eigenvalue weighted by Gasteiger charge is -2.18. The van der Waals surface area contributed by atoms with Crippen LogP contribution >= 0.6 is 11.6 Å². The van der Waals surface area contributed by atoms with Gasteiger partial charge in [-0.25, -0.2) is 14.2 Å². The number of aryl methyl sites for hydroxylation is 1. The van der Waals surface area contributed by atoms with E-state index in [0.29, 0.717) is 10.7 Å². The molecule has 0 amide bonds. The van der Waals surface area contributed by atoms with E-state index in [1.165, 1.54) is 11.7 Å². The van der Waals surface area contributed by atoms with Crippen molar-refractivity contribution in [2.75, 3.05) is 12.4 Å². The molecule has 1 N–H and O–H groups in total. The largest absolute Gasteiger partial charge is 0.469 e. The lowest BCUT2D eigenvalue weighted by Crippen LogP contribution is -2.44. The van der Waals surface area contributed by atoms with Gasteiger partial charge < -0.3 is 14.5 Å². The number of hydrogen-bond donors (Lipinski definition) is 1. The van der Waals surface area contributed by atoms with Gasteiger partial charge in [-0.2, -0.15) is 4.98 Å². The average molecular weight is 483 g/mol. The number of nitrogens with zero attached hydrogens (tertiary/aromatic N) is 3. The molecule has 0 unspecified atom stereocenters. The highest BCUT2D eigenvalue weighted by atomic mass is 35.5. The Bertz CT molecular complexity index is 1470. The number of aromatic nitrogens is 3. The van der Waals surface area contributed by atoms with Crippen LogP contribution in [0.1, 0.15) is 30.7 Å². The van der Waals surface area contributed by atoms with Gasteiger partial charge in [0.15, 0.2) is 0 Å². The highest BCUT2D eigenvalue weighted by Gasteiger charge is 2.20. The van der Waals surface area contributed by atoms with Crippen molar-refractivity contribution in [3.63, 3.8) is 0 Å². The molecule has 0 aliphatic heterocycles. The predicted octanol–water partition coefficient (Wildman–Crippen LogP) is 4.03. The SMILES string of the molecule is COC(=O)C[C@H](C)n1c(=O)nc(Nc2ccc3oc(C)cc3c2)n(Cc2ccc(Cl)cc2)c1=O. The number of carbonyl (C=O) groups is 1. The Morgan fingerprint density at radius 3 is 2.62 bits per heavy atom. The molecule has 2 aromatic heterocycles. The van der Waals surface area contributed by atoms with Crippen LogP contribution in [0.3, 0.4) is 0 Å². The molecule has 2 heterocycles. The number of methoxy groups -OCH3 is 1. The molecule has 0 radical (unpaired) electrons. The molecule has 0 aliphatic rings. The lowest BCUT2D eigenvalue weighted by atomic mass is 10.2. The summed E-state index contributed by atoms with van der Waals surface area (Å²) in [6, 6.07) is 13.6. The van der Waals surface area contributed by atoms with E-state index in [1.807, 2.05) is 19.1 Å².